The minimum Gasteiger partial charge on any atom is -0.233 e. The number of nitrogens with zero attached hydrogens (tertiary/aromatic N) is 2. The molecule has 0 aliphatic rings. The third-order valence-electron chi connectivity index (χ3n) is 3.98. The normalized spacial score (nSPS) is 11.0. The molecule has 0 amide bonds. The minimum absolute atomic E-state index is 1.08. The molecule has 0 N–H and O–H groups in total. The Morgan fingerprint density at radius 1 is 0.773 bits per heavy atom. The molecular formula is C20H16N2. The molecule has 4 rings (SSSR count). The molecule has 1 aromatic heterocycles. The Hall–Kier alpha value is -2.87. The van der Waals surface area contributed by atoms with Gasteiger partial charge in [0.2, 0.25) is 0 Å². The van der Waals surface area contributed by atoms with Crippen LogP contribution in [0.5, 0.6) is 0 Å². The Kier molecular flexibility index (Phi) is 3.01. The average molecular weight is 284 g/mol. The molecule has 0 radical (unpaired) electrons. The van der Waals surface area contributed by atoms with Crippen LogP contribution in [0.3, 0.4) is 0 Å². The molecule has 0 spiro atoms. The van der Waals surface area contributed by atoms with Gasteiger partial charge in [0, 0.05) is 5.56 Å². The van der Waals surface area contributed by atoms with Crippen LogP contribution in [-0.4, -0.2) is 9.78 Å². The quantitative estimate of drug-likeness (QED) is 0.506. The van der Waals surface area contributed by atoms with E-state index in [2.05, 4.69) is 66.6 Å². The second-order valence-electron chi connectivity index (χ2n) is 5.49. The zero-order valence-electron chi connectivity index (χ0n) is 12.4. The smallest absolute Gasteiger partial charge is 0.0770 e. The minimum atomic E-state index is 1.08. The standard InChI is InChI=1S/C20H16N2/c1-15-14-21-22(19-9-3-2-4-10-19)20(15)18-12-11-16-7-5-6-8-17(16)13-18/h2-14H,1H3. The van der Waals surface area contributed by atoms with E-state index in [0.29, 0.717) is 0 Å². The third kappa shape index (κ3) is 2.09. The number of hydrogen-bond acceptors (Lipinski definition) is 1. The molecule has 0 unspecified atom stereocenters. The lowest BCUT2D eigenvalue weighted by Crippen LogP contribution is -1.99. The SMILES string of the molecule is Cc1cnn(-c2ccccc2)c1-c1ccc2ccccc2c1. The Labute approximate surface area is 129 Å². The van der Waals surface area contributed by atoms with Crippen molar-refractivity contribution in [2.45, 2.75) is 6.92 Å². The van der Waals surface area contributed by atoms with Crippen molar-refractivity contribution in [1.29, 1.82) is 0 Å². The van der Waals surface area contributed by atoms with Gasteiger partial charge in [-0.15, -0.1) is 0 Å². The van der Waals surface area contributed by atoms with Crippen molar-refractivity contribution in [2.24, 2.45) is 0 Å². The number of fused-ring (bicyclic) bond motifs is 1. The van der Waals surface area contributed by atoms with Crippen LogP contribution in [0.4, 0.5) is 0 Å². The molecule has 0 saturated heterocycles. The number of para-hydroxylation sites is 1. The van der Waals surface area contributed by atoms with Gasteiger partial charge in [0.05, 0.1) is 17.6 Å². The molecule has 0 bridgehead atoms. The van der Waals surface area contributed by atoms with Gasteiger partial charge < -0.3 is 0 Å². The summed E-state index contributed by atoms with van der Waals surface area (Å²) < 4.78 is 2.01. The van der Waals surface area contributed by atoms with E-state index in [9.17, 15) is 0 Å². The molecule has 2 heteroatoms. The summed E-state index contributed by atoms with van der Waals surface area (Å²) in [5.41, 5.74) is 4.60. The van der Waals surface area contributed by atoms with Gasteiger partial charge in [-0.2, -0.15) is 5.10 Å². The number of benzene rings is 3. The predicted molar refractivity (Wildman–Crippen MR) is 91.2 cm³/mol. The third-order valence-corrected chi connectivity index (χ3v) is 3.98. The molecule has 0 fully saturated rings. The van der Waals surface area contributed by atoms with Crippen LogP contribution in [0.25, 0.3) is 27.7 Å². The molecule has 106 valence electrons. The second-order valence-corrected chi connectivity index (χ2v) is 5.49. The molecule has 0 aliphatic heterocycles. The zero-order chi connectivity index (χ0) is 14.9. The second kappa shape index (κ2) is 5.15. The van der Waals surface area contributed by atoms with Gasteiger partial charge in [-0.3, -0.25) is 0 Å². The van der Waals surface area contributed by atoms with Crippen LogP contribution in [0.1, 0.15) is 5.56 Å². The first kappa shape index (κ1) is 12.8. The van der Waals surface area contributed by atoms with E-state index in [1.54, 1.807) is 0 Å². The van der Waals surface area contributed by atoms with Gasteiger partial charge in [0.25, 0.3) is 0 Å². The van der Waals surface area contributed by atoms with Crippen LogP contribution in [0.2, 0.25) is 0 Å². The maximum atomic E-state index is 4.56. The fourth-order valence-electron chi connectivity index (χ4n) is 2.88. The average Bonchev–Trinajstić information content (AvgIpc) is 2.97. The molecule has 3 aromatic carbocycles. The van der Waals surface area contributed by atoms with Crippen molar-refractivity contribution in [3.8, 4) is 16.9 Å². The highest BCUT2D eigenvalue weighted by molar-refractivity contribution is 5.87. The molecule has 22 heavy (non-hydrogen) atoms. The van der Waals surface area contributed by atoms with E-state index in [1.165, 1.54) is 21.9 Å². The van der Waals surface area contributed by atoms with E-state index in [-0.39, 0.29) is 0 Å². The fraction of sp³-hybridized carbons (Fsp3) is 0.0500. The van der Waals surface area contributed by atoms with Crippen LogP contribution in [0.15, 0.2) is 79.0 Å². The van der Waals surface area contributed by atoms with E-state index in [1.807, 2.05) is 29.1 Å². The van der Waals surface area contributed by atoms with E-state index in [0.717, 1.165) is 11.4 Å². The number of aromatic nitrogens is 2. The largest absolute Gasteiger partial charge is 0.233 e. The Balaban J connectivity index is 1.93. The van der Waals surface area contributed by atoms with E-state index >= 15 is 0 Å². The monoisotopic (exact) mass is 284 g/mol. The first-order chi connectivity index (χ1) is 10.8. The van der Waals surface area contributed by atoms with Crippen LogP contribution in [-0.2, 0) is 0 Å². The summed E-state index contributed by atoms with van der Waals surface area (Å²) in [6.07, 6.45) is 1.93. The summed E-state index contributed by atoms with van der Waals surface area (Å²) in [7, 11) is 0. The van der Waals surface area contributed by atoms with Crippen LogP contribution >= 0.6 is 0 Å². The van der Waals surface area contributed by atoms with E-state index < -0.39 is 0 Å². The highest BCUT2D eigenvalue weighted by atomic mass is 15.3. The lowest BCUT2D eigenvalue weighted by Gasteiger charge is -2.10. The van der Waals surface area contributed by atoms with Crippen LogP contribution in [0, 0.1) is 6.92 Å². The number of aryl methyl sites for hydroxylation is 1. The summed E-state index contributed by atoms with van der Waals surface area (Å²) in [6, 6.07) is 25.3. The number of rotatable bonds is 2. The van der Waals surface area contributed by atoms with E-state index in [4.69, 9.17) is 0 Å². The summed E-state index contributed by atoms with van der Waals surface area (Å²) in [5, 5.41) is 7.07. The van der Waals surface area contributed by atoms with Crippen molar-refractivity contribution in [3.05, 3.63) is 84.6 Å². The first-order valence-electron chi connectivity index (χ1n) is 7.42. The van der Waals surface area contributed by atoms with Gasteiger partial charge in [0.15, 0.2) is 0 Å². The summed E-state index contributed by atoms with van der Waals surface area (Å²) in [5.74, 6) is 0. The van der Waals surface area contributed by atoms with Crippen molar-refractivity contribution < 1.29 is 0 Å². The molecule has 4 aromatic rings. The van der Waals surface area contributed by atoms with Gasteiger partial charge in [-0.25, -0.2) is 4.68 Å². The Bertz CT molecular complexity index is 936. The molecule has 0 atom stereocenters. The maximum absolute atomic E-state index is 4.56. The molecule has 2 nitrogen and oxygen atoms in total. The summed E-state index contributed by atoms with van der Waals surface area (Å²) in [6.45, 7) is 2.11. The highest BCUT2D eigenvalue weighted by Crippen LogP contribution is 2.28. The van der Waals surface area contributed by atoms with Gasteiger partial charge in [0.1, 0.15) is 0 Å². The lowest BCUT2D eigenvalue weighted by atomic mass is 10.0. The van der Waals surface area contributed by atoms with Gasteiger partial charge in [-0.05, 0) is 41.5 Å². The zero-order valence-corrected chi connectivity index (χ0v) is 12.4. The lowest BCUT2D eigenvalue weighted by molar-refractivity contribution is 0.888. The maximum Gasteiger partial charge on any atom is 0.0770 e. The van der Waals surface area contributed by atoms with Crippen LogP contribution < -0.4 is 0 Å². The fourth-order valence-corrected chi connectivity index (χ4v) is 2.88. The van der Waals surface area contributed by atoms with Crippen molar-refractivity contribution in [2.75, 3.05) is 0 Å². The topological polar surface area (TPSA) is 17.8 Å². The van der Waals surface area contributed by atoms with Crippen molar-refractivity contribution in [3.63, 3.8) is 0 Å². The highest BCUT2D eigenvalue weighted by Gasteiger charge is 2.11. The van der Waals surface area contributed by atoms with Gasteiger partial charge >= 0.3 is 0 Å². The van der Waals surface area contributed by atoms with Gasteiger partial charge in [-0.1, -0.05) is 54.6 Å². The molecule has 0 aliphatic carbocycles. The summed E-state index contributed by atoms with van der Waals surface area (Å²) >= 11 is 0. The summed E-state index contributed by atoms with van der Waals surface area (Å²) in [4.78, 5) is 0. The molecule has 1 heterocycles. The molecular weight excluding hydrogens is 268 g/mol. The van der Waals surface area contributed by atoms with Crippen molar-refractivity contribution >= 4 is 10.8 Å². The molecule has 0 saturated carbocycles. The first-order valence-corrected chi connectivity index (χ1v) is 7.42. The Morgan fingerprint density at radius 2 is 1.50 bits per heavy atom. The number of hydrogen-bond donors (Lipinski definition) is 0. The van der Waals surface area contributed by atoms with Crippen molar-refractivity contribution in [1.82, 2.24) is 9.78 Å². The Morgan fingerprint density at radius 3 is 2.32 bits per heavy atom. The predicted octanol–water partition coefficient (Wildman–Crippen LogP) is 5.00.